The molecule has 96 valence electrons. The van der Waals surface area contributed by atoms with E-state index in [0.717, 1.165) is 21.5 Å². The number of nitrogens with zero attached hydrogens (tertiary/aromatic N) is 1. The van der Waals surface area contributed by atoms with Gasteiger partial charge in [0.25, 0.3) is 0 Å². The predicted octanol–water partition coefficient (Wildman–Crippen LogP) is 4.13. The highest BCUT2D eigenvalue weighted by atomic mass is 79.9. The molecule has 3 nitrogen and oxygen atoms in total. The molecule has 0 aliphatic heterocycles. The molecule has 1 unspecified atom stereocenters. The standard InChI is InChI=1S/C15H13BrN2O/c1-19-14-7-2-4-11(8-14)15(10-17)18-13-6-3-5-12(16)9-13/h2-9,15,18H,1H3. The van der Waals surface area contributed by atoms with Crippen LogP contribution in [-0.2, 0) is 0 Å². The molecular weight excluding hydrogens is 304 g/mol. The highest BCUT2D eigenvalue weighted by Gasteiger charge is 2.11. The molecule has 1 atom stereocenters. The smallest absolute Gasteiger partial charge is 0.140 e. The first kappa shape index (κ1) is 13.4. The molecule has 0 heterocycles. The number of nitrogens with one attached hydrogen (secondary N) is 1. The van der Waals surface area contributed by atoms with Crippen molar-refractivity contribution in [1.29, 1.82) is 5.26 Å². The van der Waals surface area contributed by atoms with E-state index in [1.54, 1.807) is 7.11 Å². The van der Waals surface area contributed by atoms with Gasteiger partial charge in [-0.25, -0.2) is 0 Å². The minimum atomic E-state index is -0.413. The number of hydrogen-bond acceptors (Lipinski definition) is 3. The molecule has 0 fully saturated rings. The van der Waals surface area contributed by atoms with Crippen LogP contribution in [0.4, 0.5) is 5.69 Å². The lowest BCUT2D eigenvalue weighted by Crippen LogP contribution is -2.08. The van der Waals surface area contributed by atoms with Gasteiger partial charge in [0.05, 0.1) is 13.2 Å². The van der Waals surface area contributed by atoms with Crippen molar-refractivity contribution in [1.82, 2.24) is 0 Å². The van der Waals surface area contributed by atoms with Crippen LogP contribution in [0.3, 0.4) is 0 Å². The normalized spacial score (nSPS) is 11.4. The van der Waals surface area contributed by atoms with E-state index < -0.39 is 6.04 Å². The number of anilines is 1. The third-order valence-electron chi connectivity index (χ3n) is 2.69. The zero-order chi connectivity index (χ0) is 13.7. The fourth-order valence-corrected chi connectivity index (χ4v) is 2.16. The molecule has 0 aliphatic carbocycles. The molecule has 19 heavy (non-hydrogen) atoms. The van der Waals surface area contributed by atoms with Crippen LogP contribution in [0.25, 0.3) is 0 Å². The second kappa shape index (κ2) is 6.26. The summed E-state index contributed by atoms with van der Waals surface area (Å²) in [5, 5.41) is 12.5. The third-order valence-corrected chi connectivity index (χ3v) is 3.19. The minimum Gasteiger partial charge on any atom is -0.497 e. The number of ether oxygens (including phenoxy) is 1. The minimum absolute atomic E-state index is 0.413. The van der Waals surface area contributed by atoms with Crippen molar-refractivity contribution in [3.63, 3.8) is 0 Å². The van der Waals surface area contributed by atoms with Gasteiger partial charge in [-0.2, -0.15) is 5.26 Å². The van der Waals surface area contributed by atoms with Crippen LogP contribution in [0.1, 0.15) is 11.6 Å². The summed E-state index contributed by atoms with van der Waals surface area (Å²) in [6.07, 6.45) is 0. The molecule has 0 amide bonds. The largest absolute Gasteiger partial charge is 0.497 e. The van der Waals surface area contributed by atoms with Crippen LogP contribution in [0.5, 0.6) is 5.75 Å². The van der Waals surface area contributed by atoms with E-state index in [1.807, 2.05) is 48.5 Å². The van der Waals surface area contributed by atoms with E-state index in [-0.39, 0.29) is 0 Å². The van der Waals surface area contributed by atoms with Crippen molar-refractivity contribution in [2.75, 3.05) is 12.4 Å². The quantitative estimate of drug-likeness (QED) is 0.922. The van der Waals surface area contributed by atoms with Gasteiger partial charge in [-0.3, -0.25) is 0 Å². The molecule has 4 heteroatoms. The van der Waals surface area contributed by atoms with E-state index in [1.165, 1.54) is 0 Å². The second-order valence-electron chi connectivity index (χ2n) is 3.99. The molecule has 0 aliphatic rings. The second-order valence-corrected chi connectivity index (χ2v) is 4.91. The van der Waals surface area contributed by atoms with Gasteiger partial charge in [0.2, 0.25) is 0 Å². The molecule has 0 saturated carbocycles. The van der Waals surface area contributed by atoms with Crippen molar-refractivity contribution in [3.05, 3.63) is 58.6 Å². The van der Waals surface area contributed by atoms with E-state index >= 15 is 0 Å². The first-order valence-electron chi connectivity index (χ1n) is 5.78. The Bertz CT molecular complexity index is 607. The van der Waals surface area contributed by atoms with Crippen LogP contribution < -0.4 is 10.1 Å². The summed E-state index contributed by atoms with van der Waals surface area (Å²) in [4.78, 5) is 0. The van der Waals surface area contributed by atoms with Crippen molar-refractivity contribution in [3.8, 4) is 11.8 Å². The Morgan fingerprint density at radius 1 is 1.21 bits per heavy atom. The van der Waals surface area contributed by atoms with Gasteiger partial charge in [-0.1, -0.05) is 34.1 Å². The molecule has 2 aromatic rings. The summed E-state index contributed by atoms with van der Waals surface area (Å²) >= 11 is 3.41. The van der Waals surface area contributed by atoms with Gasteiger partial charge in [0.15, 0.2) is 0 Å². The van der Waals surface area contributed by atoms with Gasteiger partial charge in [-0.15, -0.1) is 0 Å². The Kier molecular flexibility index (Phi) is 4.43. The maximum atomic E-state index is 9.31. The number of methoxy groups -OCH3 is 1. The van der Waals surface area contributed by atoms with Gasteiger partial charge in [0, 0.05) is 10.2 Å². The van der Waals surface area contributed by atoms with Crippen LogP contribution >= 0.6 is 15.9 Å². The summed E-state index contributed by atoms with van der Waals surface area (Å²) in [6.45, 7) is 0. The highest BCUT2D eigenvalue weighted by Crippen LogP contribution is 2.24. The molecular formula is C15H13BrN2O. The number of halogens is 1. The lowest BCUT2D eigenvalue weighted by atomic mass is 10.1. The lowest BCUT2D eigenvalue weighted by molar-refractivity contribution is 0.414. The van der Waals surface area contributed by atoms with Gasteiger partial charge in [0.1, 0.15) is 11.8 Å². The summed E-state index contributed by atoms with van der Waals surface area (Å²) in [6, 6.07) is 17.1. The van der Waals surface area contributed by atoms with E-state index in [0.29, 0.717) is 0 Å². The molecule has 2 rings (SSSR count). The maximum Gasteiger partial charge on any atom is 0.140 e. The molecule has 2 aromatic carbocycles. The Morgan fingerprint density at radius 2 is 2.00 bits per heavy atom. The van der Waals surface area contributed by atoms with Crippen LogP contribution in [0.2, 0.25) is 0 Å². The van der Waals surface area contributed by atoms with Crippen LogP contribution in [0.15, 0.2) is 53.0 Å². The number of benzene rings is 2. The zero-order valence-corrected chi connectivity index (χ0v) is 12.0. The topological polar surface area (TPSA) is 45.0 Å². The Balaban J connectivity index is 2.23. The number of rotatable bonds is 4. The molecule has 0 bridgehead atoms. The molecule has 0 radical (unpaired) electrons. The fraction of sp³-hybridized carbons (Fsp3) is 0.133. The number of nitriles is 1. The maximum absolute atomic E-state index is 9.31. The summed E-state index contributed by atoms with van der Waals surface area (Å²) in [7, 11) is 1.61. The Hall–Kier alpha value is -1.99. The van der Waals surface area contributed by atoms with E-state index in [2.05, 4.69) is 27.3 Å². The third kappa shape index (κ3) is 3.49. The average Bonchev–Trinajstić information content (AvgIpc) is 2.45. The van der Waals surface area contributed by atoms with Crippen LogP contribution in [0, 0.1) is 11.3 Å². The molecule has 0 aromatic heterocycles. The van der Waals surface area contributed by atoms with Crippen molar-refractivity contribution in [2.45, 2.75) is 6.04 Å². The van der Waals surface area contributed by atoms with Gasteiger partial charge >= 0.3 is 0 Å². The SMILES string of the molecule is COc1cccc(C(C#N)Nc2cccc(Br)c2)c1. The van der Waals surface area contributed by atoms with Crippen molar-refractivity contribution in [2.24, 2.45) is 0 Å². The van der Waals surface area contributed by atoms with Crippen LogP contribution in [-0.4, -0.2) is 7.11 Å². The molecule has 1 N–H and O–H groups in total. The van der Waals surface area contributed by atoms with E-state index in [4.69, 9.17) is 4.74 Å². The summed E-state index contributed by atoms with van der Waals surface area (Å²) in [5.41, 5.74) is 1.77. The summed E-state index contributed by atoms with van der Waals surface area (Å²) < 4.78 is 6.15. The first-order chi connectivity index (χ1) is 9.22. The van der Waals surface area contributed by atoms with Gasteiger partial charge in [-0.05, 0) is 35.9 Å². The summed E-state index contributed by atoms with van der Waals surface area (Å²) in [5.74, 6) is 0.744. The lowest BCUT2D eigenvalue weighted by Gasteiger charge is -2.14. The van der Waals surface area contributed by atoms with E-state index in [9.17, 15) is 5.26 Å². The molecule has 0 spiro atoms. The zero-order valence-electron chi connectivity index (χ0n) is 10.4. The monoisotopic (exact) mass is 316 g/mol. The predicted molar refractivity (Wildman–Crippen MR) is 79.1 cm³/mol. The van der Waals surface area contributed by atoms with Crippen molar-refractivity contribution >= 4 is 21.6 Å². The highest BCUT2D eigenvalue weighted by molar-refractivity contribution is 9.10. The fourth-order valence-electron chi connectivity index (χ4n) is 1.76. The number of hydrogen-bond donors (Lipinski definition) is 1. The first-order valence-corrected chi connectivity index (χ1v) is 6.58. The Morgan fingerprint density at radius 3 is 2.68 bits per heavy atom. The molecule has 0 saturated heterocycles. The van der Waals surface area contributed by atoms with Crippen molar-refractivity contribution < 1.29 is 4.74 Å². The van der Waals surface area contributed by atoms with Gasteiger partial charge < -0.3 is 10.1 Å². The average molecular weight is 317 g/mol. The Labute approximate surface area is 121 Å².